The molecule has 0 saturated carbocycles. The normalized spacial score (nSPS) is 11.5. The molecule has 0 aliphatic rings. The zero-order chi connectivity index (χ0) is 37.8. The van der Waals surface area contributed by atoms with E-state index in [9.17, 15) is 10.2 Å². The quantitative estimate of drug-likeness (QED) is 0.0744. The molecule has 0 bridgehead atoms. The lowest BCUT2D eigenvalue weighted by atomic mass is 10.0. The Bertz CT molecular complexity index is 2580. The van der Waals surface area contributed by atoms with Crippen LogP contribution in [-0.4, -0.2) is 39.0 Å². The number of halogens is 1. The average Bonchev–Trinajstić information content (AvgIpc) is 3.15. The molecular formula is C40H34ClN9O4. The predicted molar refractivity (Wildman–Crippen MR) is 210 cm³/mol. The summed E-state index contributed by atoms with van der Waals surface area (Å²) in [7, 11) is 1.50. The summed E-state index contributed by atoms with van der Waals surface area (Å²) >= 11 is 5.82. The Hall–Kier alpha value is -6.86. The van der Waals surface area contributed by atoms with Crippen molar-refractivity contribution in [1.29, 1.82) is 0 Å². The zero-order valence-corrected chi connectivity index (χ0v) is 30.4. The first kappa shape index (κ1) is 35.5. The topological polar surface area (TPSA) is 171 Å². The zero-order valence-electron chi connectivity index (χ0n) is 29.7. The number of ether oxygens (including phenoxy) is 2. The average molecular weight is 740 g/mol. The number of nitrogens with zero attached hydrogens (tertiary/aromatic N) is 7. The minimum atomic E-state index is -0.174. The fourth-order valence-electron chi connectivity index (χ4n) is 5.93. The van der Waals surface area contributed by atoms with Gasteiger partial charge in [0.05, 0.1) is 12.8 Å². The highest BCUT2D eigenvalue weighted by Crippen LogP contribution is 2.43. The molecule has 1 heterocycles. The van der Waals surface area contributed by atoms with Crippen LogP contribution in [0.5, 0.6) is 23.0 Å². The number of aromatic hydroxyl groups is 2. The van der Waals surface area contributed by atoms with E-state index >= 15 is 0 Å². The van der Waals surface area contributed by atoms with Crippen molar-refractivity contribution in [3.8, 4) is 23.0 Å². The van der Waals surface area contributed by atoms with Gasteiger partial charge < -0.3 is 30.3 Å². The third-order valence-electron chi connectivity index (χ3n) is 8.54. The number of hydrogen-bond donors (Lipinski definition) is 4. The van der Waals surface area contributed by atoms with Gasteiger partial charge in [-0.3, -0.25) is 0 Å². The van der Waals surface area contributed by atoms with Crippen LogP contribution in [0, 0.1) is 20.8 Å². The maximum absolute atomic E-state index is 11.2. The number of azo groups is 2. The van der Waals surface area contributed by atoms with Crippen molar-refractivity contribution < 1.29 is 19.7 Å². The number of fused-ring (bicyclic) bond motifs is 2. The second kappa shape index (κ2) is 15.4. The molecule has 0 amide bonds. The van der Waals surface area contributed by atoms with E-state index in [1.165, 1.54) is 36.7 Å². The first-order valence-electron chi connectivity index (χ1n) is 16.7. The number of anilines is 3. The number of phenols is 2. The maximum Gasteiger partial charge on any atom is 0.231 e. The SMILES string of the molecule is COc1cc(N=Nc2c(C)cc3cc(NCOc4ccc(Nc5ncnc(Cl)n5)cc4)ccc3c2O)c(O)cc1N=Nc1ccc2c(C)cc(C)cc2c1. The van der Waals surface area contributed by atoms with Crippen LogP contribution < -0.4 is 20.1 Å². The minimum Gasteiger partial charge on any atom is -0.506 e. The minimum absolute atomic E-state index is 0.0395. The fourth-order valence-corrected chi connectivity index (χ4v) is 6.06. The summed E-state index contributed by atoms with van der Waals surface area (Å²) in [4.78, 5) is 11.8. The Morgan fingerprint density at radius 3 is 2.28 bits per heavy atom. The number of aryl methyl sites for hydroxylation is 3. The van der Waals surface area contributed by atoms with Gasteiger partial charge in [0, 0.05) is 28.9 Å². The lowest BCUT2D eigenvalue weighted by Crippen LogP contribution is -2.08. The highest BCUT2D eigenvalue weighted by molar-refractivity contribution is 6.28. The van der Waals surface area contributed by atoms with Crippen LogP contribution >= 0.6 is 11.6 Å². The number of methoxy groups -OCH3 is 1. The highest BCUT2D eigenvalue weighted by atomic mass is 35.5. The highest BCUT2D eigenvalue weighted by Gasteiger charge is 2.14. The van der Waals surface area contributed by atoms with Gasteiger partial charge in [-0.1, -0.05) is 23.8 Å². The third-order valence-corrected chi connectivity index (χ3v) is 8.72. The van der Waals surface area contributed by atoms with Crippen molar-refractivity contribution in [2.45, 2.75) is 20.8 Å². The van der Waals surface area contributed by atoms with Gasteiger partial charge in [0.25, 0.3) is 0 Å². The Balaban J connectivity index is 1.02. The molecule has 7 rings (SSSR count). The molecule has 1 aromatic heterocycles. The van der Waals surface area contributed by atoms with Gasteiger partial charge >= 0.3 is 0 Å². The number of rotatable bonds is 11. The summed E-state index contributed by atoms with van der Waals surface area (Å²) in [6.07, 6.45) is 1.33. The summed E-state index contributed by atoms with van der Waals surface area (Å²) in [5.74, 6) is 1.12. The predicted octanol–water partition coefficient (Wildman–Crippen LogP) is 11.2. The molecule has 6 aromatic carbocycles. The second-order valence-electron chi connectivity index (χ2n) is 12.4. The fraction of sp³-hybridized carbons (Fsp3) is 0.125. The van der Waals surface area contributed by atoms with Crippen molar-refractivity contribution in [1.82, 2.24) is 15.0 Å². The molecule has 0 unspecified atom stereocenters. The summed E-state index contributed by atoms with van der Waals surface area (Å²) < 4.78 is 11.4. The van der Waals surface area contributed by atoms with Gasteiger partial charge in [-0.05, 0) is 120 Å². The van der Waals surface area contributed by atoms with Crippen LogP contribution in [0.4, 0.5) is 40.1 Å². The molecule has 0 spiro atoms. The lowest BCUT2D eigenvalue weighted by molar-refractivity contribution is 0.347. The van der Waals surface area contributed by atoms with Crippen LogP contribution in [0.3, 0.4) is 0 Å². The summed E-state index contributed by atoms with van der Waals surface area (Å²) in [6, 6.07) is 27.8. The Labute approximate surface area is 315 Å². The van der Waals surface area contributed by atoms with Crippen molar-refractivity contribution in [3.63, 3.8) is 0 Å². The second-order valence-corrected chi connectivity index (χ2v) is 12.8. The van der Waals surface area contributed by atoms with Crippen LogP contribution in [0.25, 0.3) is 21.5 Å². The van der Waals surface area contributed by atoms with E-state index in [0.717, 1.165) is 27.5 Å². The number of hydrogen-bond acceptors (Lipinski definition) is 13. The maximum atomic E-state index is 11.2. The molecule has 0 atom stereocenters. The van der Waals surface area contributed by atoms with E-state index in [1.807, 2.05) is 67.6 Å². The third kappa shape index (κ3) is 7.96. The molecule has 13 nitrogen and oxygen atoms in total. The Morgan fingerprint density at radius 2 is 1.48 bits per heavy atom. The Morgan fingerprint density at radius 1 is 0.722 bits per heavy atom. The summed E-state index contributed by atoms with van der Waals surface area (Å²) in [5, 5.41) is 49.3. The molecular weight excluding hydrogens is 706 g/mol. The van der Waals surface area contributed by atoms with Gasteiger partial charge in [0.2, 0.25) is 11.2 Å². The largest absolute Gasteiger partial charge is 0.506 e. The van der Waals surface area contributed by atoms with E-state index in [4.69, 9.17) is 21.1 Å². The molecule has 0 aliphatic heterocycles. The van der Waals surface area contributed by atoms with Crippen molar-refractivity contribution in [2.24, 2.45) is 20.5 Å². The molecule has 0 aliphatic carbocycles. The molecule has 7 aromatic rings. The van der Waals surface area contributed by atoms with E-state index in [-0.39, 0.29) is 34.9 Å². The summed E-state index contributed by atoms with van der Waals surface area (Å²) in [5.41, 5.74) is 5.99. The van der Waals surface area contributed by atoms with Crippen LogP contribution in [0.1, 0.15) is 16.7 Å². The first-order chi connectivity index (χ1) is 26.1. The van der Waals surface area contributed by atoms with Crippen molar-refractivity contribution in [3.05, 3.63) is 119 Å². The standard InChI is InChI=1S/C40H34ClN9O4/c1-22-13-23(2)31-11-8-29(17-25(31)14-22)47-49-34-18-35(51)33(19-36(34)53-4)48-50-37-24(3)15-26-16-28(7-12-32(26)38(37)52)44-21-54-30-9-5-27(6-10-30)45-40-43-20-42-39(41)46-40/h5-20,44,51-52H,21H2,1-4H3,(H,42,43,45,46). The van der Waals surface area contributed by atoms with Gasteiger partial charge in [0.15, 0.2) is 12.5 Å². The first-order valence-corrected chi connectivity index (χ1v) is 17.1. The van der Waals surface area contributed by atoms with Gasteiger partial charge in [0.1, 0.15) is 40.6 Å². The molecule has 54 heavy (non-hydrogen) atoms. The van der Waals surface area contributed by atoms with Gasteiger partial charge in [-0.2, -0.15) is 10.1 Å². The van der Waals surface area contributed by atoms with E-state index in [0.29, 0.717) is 39.8 Å². The Kier molecular flexibility index (Phi) is 10.1. The molecule has 270 valence electrons. The molecule has 0 fully saturated rings. The smallest absolute Gasteiger partial charge is 0.231 e. The number of aromatic nitrogens is 3. The molecule has 14 heteroatoms. The van der Waals surface area contributed by atoms with Crippen molar-refractivity contribution in [2.75, 3.05) is 24.5 Å². The number of nitrogens with one attached hydrogen (secondary N) is 2. The van der Waals surface area contributed by atoms with Crippen molar-refractivity contribution >= 4 is 73.2 Å². The van der Waals surface area contributed by atoms with E-state index in [1.54, 1.807) is 6.07 Å². The van der Waals surface area contributed by atoms with Gasteiger partial charge in [-0.15, -0.1) is 15.3 Å². The number of phenolic OH excluding ortho intramolecular Hbond substituents is 2. The van der Waals surface area contributed by atoms with E-state index < -0.39 is 0 Å². The van der Waals surface area contributed by atoms with Crippen LogP contribution in [0.2, 0.25) is 5.28 Å². The molecule has 0 saturated heterocycles. The van der Waals surface area contributed by atoms with E-state index in [2.05, 4.69) is 72.0 Å². The van der Waals surface area contributed by atoms with Gasteiger partial charge in [-0.25, -0.2) is 9.97 Å². The van der Waals surface area contributed by atoms with Crippen LogP contribution in [-0.2, 0) is 0 Å². The molecule has 4 N–H and O–H groups in total. The number of benzene rings is 6. The summed E-state index contributed by atoms with van der Waals surface area (Å²) in [6.45, 7) is 6.17. The lowest BCUT2D eigenvalue weighted by Gasteiger charge is -2.12. The molecule has 0 radical (unpaired) electrons. The van der Waals surface area contributed by atoms with Crippen LogP contribution in [0.15, 0.2) is 118 Å². The monoisotopic (exact) mass is 739 g/mol.